The molecule has 4 aromatic carbocycles. The summed E-state index contributed by atoms with van der Waals surface area (Å²) >= 11 is 0. The number of nitrogens with zero attached hydrogens (tertiary/aromatic N) is 1. The van der Waals surface area contributed by atoms with Crippen LogP contribution in [0, 0.1) is 0 Å². The minimum Gasteiger partial charge on any atom is -0.478 e. The number of ether oxygens (including phenoxy) is 2. The summed E-state index contributed by atoms with van der Waals surface area (Å²) in [6.07, 6.45) is 0. The van der Waals surface area contributed by atoms with Gasteiger partial charge in [0.2, 0.25) is 11.4 Å². The van der Waals surface area contributed by atoms with E-state index < -0.39 is 37.0 Å². The molecule has 1 aliphatic rings. The van der Waals surface area contributed by atoms with E-state index in [9.17, 15) is 19.5 Å². The molecule has 0 aromatic heterocycles. The summed E-state index contributed by atoms with van der Waals surface area (Å²) in [6.45, 7) is 0. The highest BCUT2D eigenvalue weighted by atomic mass is 31.2. The van der Waals surface area contributed by atoms with Crippen molar-refractivity contribution in [2.24, 2.45) is 0 Å². The standard InChI is InChI=1S/C32H26NO6P/c1-38-31(36)27(33-29(34)25-20-12-13-21-26(25)30(33)35)28(32(37)39-2)40(22-14-6-3-7-15-22,23-16-8-4-9-17-23)24-18-10-5-11-19-24/h3-21,27H,1-2H3/p+1/b32-28-/t27-/m1/s1. The lowest BCUT2D eigenvalue weighted by molar-refractivity contribution is -0.143. The molecular weight excluding hydrogens is 525 g/mol. The predicted molar refractivity (Wildman–Crippen MR) is 155 cm³/mol. The van der Waals surface area contributed by atoms with Gasteiger partial charge in [0.15, 0.2) is 7.26 Å². The van der Waals surface area contributed by atoms with Gasteiger partial charge in [-0.3, -0.25) is 14.5 Å². The molecule has 0 fully saturated rings. The number of aliphatic hydroxyl groups is 1. The molecule has 0 bridgehead atoms. The maximum absolute atomic E-state index is 13.8. The maximum Gasteiger partial charge on any atom is 0.337 e. The van der Waals surface area contributed by atoms with E-state index in [1.807, 2.05) is 91.0 Å². The van der Waals surface area contributed by atoms with Crippen LogP contribution in [0.3, 0.4) is 0 Å². The molecular formula is C32H27NO6P+. The molecule has 1 atom stereocenters. The molecule has 0 saturated carbocycles. The zero-order valence-corrected chi connectivity index (χ0v) is 22.8. The zero-order chi connectivity index (χ0) is 28.3. The van der Waals surface area contributed by atoms with Crippen molar-refractivity contribution in [2.75, 3.05) is 14.2 Å². The van der Waals surface area contributed by atoms with Gasteiger partial charge in [-0.15, -0.1) is 0 Å². The van der Waals surface area contributed by atoms with E-state index in [0.717, 1.165) is 20.8 Å². The summed E-state index contributed by atoms with van der Waals surface area (Å²) in [5.74, 6) is -2.79. The number of imide groups is 1. The lowest BCUT2D eigenvalue weighted by Crippen LogP contribution is -2.50. The molecule has 1 N–H and O–H groups in total. The van der Waals surface area contributed by atoms with Crippen LogP contribution < -0.4 is 15.9 Å². The Bertz CT molecular complexity index is 1460. The van der Waals surface area contributed by atoms with Crippen molar-refractivity contribution >= 4 is 41.0 Å². The second-order valence-corrected chi connectivity index (χ2v) is 12.4. The number of carbonyl (C=O) groups is 3. The van der Waals surface area contributed by atoms with Gasteiger partial charge in [0.25, 0.3) is 11.8 Å². The Morgan fingerprint density at radius 2 is 1.02 bits per heavy atom. The Hall–Kier alpha value is -4.74. The van der Waals surface area contributed by atoms with Gasteiger partial charge in [-0.2, -0.15) is 0 Å². The first-order valence-electron chi connectivity index (χ1n) is 12.5. The number of methoxy groups -OCH3 is 2. The minimum absolute atomic E-state index is 0.0694. The number of aliphatic hydroxyl groups excluding tert-OH is 1. The maximum atomic E-state index is 13.8. The molecule has 0 saturated heterocycles. The van der Waals surface area contributed by atoms with Crippen molar-refractivity contribution in [3.05, 3.63) is 138 Å². The Morgan fingerprint density at radius 1 is 0.650 bits per heavy atom. The quantitative estimate of drug-likeness (QED) is 0.153. The molecule has 200 valence electrons. The zero-order valence-electron chi connectivity index (χ0n) is 21.9. The van der Waals surface area contributed by atoms with Gasteiger partial charge in [0.1, 0.15) is 15.9 Å². The molecule has 0 spiro atoms. The molecule has 7 nitrogen and oxygen atoms in total. The predicted octanol–water partition coefficient (Wildman–Crippen LogP) is 4.19. The lowest BCUT2D eigenvalue weighted by atomic mass is 10.1. The van der Waals surface area contributed by atoms with E-state index in [-0.39, 0.29) is 16.4 Å². The van der Waals surface area contributed by atoms with Crippen LogP contribution in [-0.4, -0.2) is 48.1 Å². The van der Waals surface area contributed by atoms with E-state index in [1.54, 1.807) is 12.1 Å². The van der Waals surface area contributed by atoms with Crippen LogP contribution in [0.15, 0.2) is 127 Å². The fourth-order valence-corrected chi connectivity index (χ4v) is 9.81. The molecule has 0 unspecified atom stereocenters. The number of hydrogen-bond acceptors (Lipinski definition) is 6. The van der Waals surface area contributed by atoms with Crippen LogP contribution >= 0.6 is 7.26 Å². The van der Waals surface area contributed by atoms with Gasteiger partial charge >= 0.3 is 11.9 Å². The highest BCUT2D eigenvalue weighted by Gasteiger charge is 2.60. The highest BCUT2D eigenvalue weighted by molar-refractivity contribution is 7.99. The third kappa shape index (κ3) is 4.25. The fraction of sp³-hybridized carbons (Fsp3) is 0.0938. The topological polar surface area (TPSA) is 93.1 Å². The Morgan fingerprint density at radius 3 is 1.38 bits per heavy atom. The van der Waals surface area contributed by atoms with Crippen molar-refractivity contribution in [3.63, 3.8) is 0 Å². The molecule has 5 rings (SSSR count). The van der Waals surface area contributed by atoms with E-state index in [4.69, 9.17) is 9.47 Å². The lowest BCUT2D eigenvalue weighted by Gasteiger charge is -2.34. The average Bonchev–Trinajstić information content (AvgIpc) is 3.27. The molecule has 8 heteroatoms. The summed E-state index contributed by atoms with van der Waals surface area (Å²) in [5.41, 5.74) is 0.335. The highest BCUT2D eigenvalue weighted by Crippen LogP contribution is 2.65. The second kappa shape index (κ2) is 11.2. The minimum atomic E-state index is -3.20. The number of carbonyl (C=O) groups excluding carboxylic acids is 3. The van der Waals surface area contributed by atoms with Crippen molar-refractivity contribution in [1.82, 2.24) is 4.90 Å². The van der Waals surface area contributed by atoms with Gasteiger partial charge in [-0.1, -0.05) is 66.7 Å². The summed E-state index contributed by atoms with van der Waals surface area (Å²) < 4.78 is 10.7. The smallest absolute Gasteiger partial charge is 0.337 e. The third-order valence-corrected chi connectivity index (χ3v) is 11.3. The Balaban J connectivity index is 1.92. The molecule has 0 aliphatic carbocycles. The van der Waals surface area contributed by atoms with Gasteiger partial charge in [-0.25, -0.2) is 4.79 Å². The number of esters is 1. The molecule has 2 amide bonds. The van der Waals surface area contributed by atoms with Crippen LogP contribution in [0.25, 0.3) is 0 Å². The van der Waals surface area contributed by atoms with Gasteiger partial charge in [-0.05, 0) is 48.5 Å². The van der Waals surface area contributed by atoms with Gasteiger partial charge in [0.05, 0.1) is 25.3 Å². The number of rotatable bonds is 8. The van der Waals surface area contributed by atoms with E-state index in [0.29, 0.717) is 0 Å². The fourth-order valence-electron chi connectivity index (χ4n) is 5.26. The van der Waals surface area contributed by atoms with Crippen molar-refractivity contribution in [3.8, 4) is 0 Å². The van der Waals surface area contributed by atoms with Gasteiger partial charge in [0, 0.05) is 0 Å². The van der Waals surface area contributed by atoms with Crippen molar-refractivity contribution in [2.45, 2.75) is 6.04 Å². The summed E-state index contributed by atoms with van der Waals surface area (Å²) in [5, 5.41) is 14.0. The van der Waals surface area contributed by atoms with Crippen LogP contribution in [-0.2, 0) is 14.3 Å². The Kier molecular flexibility index (Phi) is 7.50. The SMILES string of the molecule is COC(=O)[C@@H](/C(=C(\O)OC)[P+](c1ccccc1)(c1ccccc1)c1ccccc1)N1C(=O)c2ccccc2C1=O. The largest absolute Gasteiger partial charge is 0.478 e. The Labute approximate surface area is 232 Å². The number of hydrogen-bond donors (Lipinski definition) is 1. The first-order valence-corrected chi connectivity index (χ1v) is 14.3. The summed E-state index contributed by atoms with van der Waals surface area (Å²) in [6, 6.07) is 33.0. The number of fused-ring (bicyclic) bond motifs is 1. The molecule has 40 heavy (non-hydrogen) atoms. The first kappa shape index (κ1) is 26.9. The monoisotopic (exact) mass is 552 g/mol. The molecule has 0 radical (unpaired) electrons. The van der Waals surface area contributed by atoms with Gasteiger partial charge < -0.3 is 14.6 Å². The van der Waals surface area contributed by atoms with E-state index in [2.05, 4.69) is 0 Å². The number of benzene rings is 4. The molecule has 1 aliphatic heterocycles. The number of amides is 2. The van der Waals surface area contributed by atoms with E-state index in [1.165, 1.54) is 26.4 Å². The molecule has 4 aromatic rings. The second-order valence-electron chi connectivity index (χ2n) is 9.02. The first-order chi connectivity index (χ1) is 19.5. The summed E-state index contributed by atoms with van der Waals surface area (Å²) in [7, 11) is -0.740. The third-order valence-electron chi connectivity index (χ3n) is 6.97. The van der Waals surface area contributed by atoms with Crippen molar-refractivity contribution < 1.29 is 29.0 Å². The normalized spacial score (nSPS) is 14.3. The van der Waals surface area contributed by atoms with Crippen LogP contribution in [0.1, 0.15) is 20.7 Å². The van der Waals surface area contributed by atoms with Crippen molar-refractivity contribution in [1.29, 1.82) is 0 Å². The van der Waals surface area contributed by atoms with Crippen LogP contribution in [0.2, 0.25) is 0 Å². The summed E-state index contributed by atoms with van der Waals surface area (Å²) in [4.78, 5) is 42.2. The van der Waals surface area contributed by atoms with Crippen LogP contribution in [0.5, 0.6) is 0 Å². The molecule has 1 heterocycles. The van der Waals surface area contributed by atoms with Crippen LogP contribution in [0.4, 0.5) is 0 Å². The van der Waals surface area contributed by atoms with E-state index >= 15 is 0 Å². The average molecular weight is 553 g/mol.